The van der Waals surface area contributed by atoms with E-state index < -0.39 is 49.4 Å². The Balaban J connectivity index is 4.03. The number of carbonyl (C=O) groups is 3. The van der Waals surface area contributed by atoms with Crippen LogP contribution in [0.4, 0.5) is 0 Å². The number of nitrogens with one attached hydrogen (secondary N) is 2. The largest absolute Gasteiger partial charge is 0.481 e. The summed E-state index contributed by atoms with van der Waals surface area (Å²) in [5, 5.41) is 49.4. The number of hydrogen-bond acceptors (Lipinski definition) is 10. The third-order valence-electron chi connectivity index (χ3n) is 3.16. The molecule has 0 radical (unpaired) electrons. The van der Waals surface area contributed by atoms with E-state index in [1.165, 1.54) is 0 Å². The van der Waals surface area contributed by atoms with Crippen LogP contribution < -0.4 is 10.6 Å². The molecule has 0 saturated heterocycles. The van der Waals surface area contributed by atoms with Crippen molar-refractivity contribution in [2.45, 2.75) is 12.8 Å². The zero-order valence-electron chi connectivity index (χ0n) is 14.7. The van der Waals surface area contributed by atoms with Crippen molar-refractivity contribution in [3.8, 4) is 0 Å². The standard InChI is InChI=1S/C15H26N2O10/c18-3-1-16-8-11(6-13(21)22)15(25)27-9-26-4-2-17-7-10(14(23)24)5-12(19)20/h11,16-18,23-24H,1-9H2,(H,19,20)(H,21,22). The zero-order valence-corrected chi connectivity index (χ0v) is 14.7. The highest BCUT2D eigenvalue weighted by Gasteiger charge is 2.22. The SMILES string of the molecule is O=C(O)CC(CNCCOCOC(=O)C(CNCCO)CC(=O)O)=C(O)O. The highest BCUT2D eigenvalue weighted by atomic mass is 16.7. The van der Waals surface area contributed by atoms with Crippen LogP contribution in [0.1, 0.15) is 12.8 Å². The minimum atomic E-state index is -1.21. The van der Waals surface area contributed by atoms with Crippen molar-refractivity contribution >= 4 is 17.9 Å². The minimum Gasteiger partial charge on any atom is -0.481 e. The third kappa shape index (κ3) is 13.5. The van der Waals surface area contributed by atoms with E-state index in [9.17, 15) is 14.4 Å². The maximum absolute atomic E-state index is 11.8. The summed E-state index contributed by atoms with van der Waals surface area (Å²) < 4.78 is 9.87. The van der Waals surface area contributed by atoms with Gasteiger partial charge in [-0.2, -0.15) is 0 Å². The van der Waals surface area contributed by atoms with Crippen molar-refractivity contribution in [3.63, 3.8) is 0 Å². The van der Waals surface area contributed by atoms with Gasteiger partial charge in [0.25, 0.3) is 5.95 Å². The zero-order chi connectivity index (χ0) is 20.7. The van der Waals surface area contributed by atoms with Crippen LogP contribution in [0.2, 0.25) is 0 Å². The fourth-order valence-electron chi connectivity index (χ4n) is 1.87. The summed E-state index contributed by atoms with van der Waals surface area (Å²) in [7, 11) is 0. The number of carboxylic acids is 2. The van der Waals surface area contributed by atoms with Gasteiger partial charge < -0.3 is 45.6 Å². The number of ether oxygens (including phenoxy) is 2. The lowest BCUT2D eigenvalue weighted by Crippen LogP contribution is -2.33. The van der Waals surface area contributed by atoms with E-state index >= 15 is 0 Å². The van der Waals surface area contributed by atoms with Crippen molar-refractivity contribution in [2.24, 2.45) is 5.92 Å². The predicted molar refractivity (Wildman–Crippen MR) is 90.0 cm³/mol. The molecule has 12 heteroatoms. The molecule has 0 fully saturated rings. The third-order valence-corrected chi connectivity index (χ3v) is 3.16. The molecule has 0 saturated carbocycles. The highest BCUT2D eigenvalue weighted by molar-refractivity contribution is 5.79. The molecular weight excluding hydrogens is 368 g/mol. The molecule has 27 heavy (non-hydrogen) atoms. The topological polar surface area (TPSA) is 195 Å². The van der Waals surface area contributed by atoms with Gasteiger partial charge in [-0.3, -0.25) is 14.4 Å². The van der Waals surface area contributed by atoms with E-state index in [1.54, 1.807) is 0 Å². The Labute approximate surface area is 155 Å². The minimum absolute atomic E-state index is 0.0383. The summed E-state index contributed by atoms with van der Waals surface area (Å²) in [5.41, 5.74) is -0.0965. The fraction of sp³-hybridized carbons (Fsp3) is 0.667. The van der Waals surface area contributed by atoms with E-state index in [0.717, 1.165) is 0 Å². The molecule has 0 aliphatic heterocycles. The second-order valence-corrected chi connectivity index (χ2v) is 5.39. The molecule has 1 unspecified atom stereocenters. The lowest BCUT2D eigenvalue weighted by molar-refractivity contribution is -0.163. The van der Waals surface area contributed by atoms with Gasteiger partial charge >= 0.3 is 17.9 Å². The van der Waals surface area contributed by atoms with Crippen molar-refractivity contribution < 1.29 is 49.4 Å². The molecule has 156 valence electrons. The number of hydrogen-bond donors (Lipinski definition) is 7. The molecule has 0 aliphatic rings. The van der Waals surface area contributed by atoms with Crippen LogP contribution in [0.15, 0.2) is 11.5 Å². The first-order valence-electron chi connectivity index (χ1n) is 8.08. The predicted octanol–water partition coefficient (Wildman–Crippen LogP) is -1.43. The maximum atomic E-state index is 11.8. The highest BCUT2D eigenvalue weighted by Crippen LogP contribution is 2.05. The Morgan fingerprint density at radius 1 is 0.963 bits per heavy atom. The van der Waals surface area contributed by atoms with Crippen molar-refractivity contribution in [1.29, 1.82) is 0 Å². The van der Waals surface area contributed by atoms with Gasteiger partial charge in [0.2, 0.25) is 0 Å². The Kier molecular flexibility index (Phi) is 13.4. The summed E-state index contributed by atoms with van der Waals surface area (Å²) in [5.74, 6) is -5.11. The number of carboxylic acid groups (broad SMARTS) is 2. The van der Waals surface area contributed by atoms with Crippen LogP contribution in [-0.2, 0) is 23.9 Å². The van der Waals surface area contributed by atoms with Crippen LogP contribution in [-0.4, -0.2) is 89.6 Å². The Morgan fingerprint density at radius 2 is 1.67 bits per heavy atom. The van der Waals surface area contributed by atoms with Gasteiger partial charge in [0.1, 0.15) is 0 Å². The molecular formula is C15H26N2O10. The lowest BCUT2D eigenvalue weighted by Gasteiger charge is -2.15. The van der Waals surface area contributed by atoms with Crippen molar-refractivity contribution in [2.75, 3.05) is 46.2 Å². The quantitative estimate of drug-likeness (QED) is 0.0699. The molecule has 0 aromatic rings. The van der Waals surface area contributed by atoms with Crippen LogP contribution in [0.5, 0.6) is 0 Å². The van der Waals surface area contributed by atoms with E-state index in [1.807, 2.05) is 0 Å². The summed E-state index contributed by atoms with van der Waals surface area (Å²) >= 11 is 0. The molecule has 7 N–H and O–H groups in total. The van der Waals surface area contributed by atoms with E-state index in [4.69, 9.17) is 35.0 Å². The molecule has 0 heterocycles. The second-order valence-electron chi connectivity index (χ2n) is 5.39. The number of rotatable bonds is 16. The van der Waals surface area contributed by atoms with Crippen LogP contribution in [0.3, 0.4) is 0 Å². The Bertz CT molecular complexity index is 505. The molecule has 0 aromatic heterocycles. The van der Waals surface area contributed by atoms with E-state index in [0.29, 0.717) is 0 Å². The monoisotopic (exact) mass is 394 g/mol. The summed E-state index contributed by atoms with van der Waals surface area (Å²) in [4.78, 5) is 33.1. The van der Waals surface area contributed by atoms with Gasteiger partial charge in [0, 0.05) is 31.8 Å². The molecule has 0 spiro atoms. The maximum Gasteiger partial charge on any atom is 0.312 e. The van der Waals surface area contributed by atoms with Gasteiger partial charge in [-0.25, -0.2) is 0 Å². The molecule has 1 atom stereocenters. The normalized spacial score (nSPS) is 11.6. The van der Waals surface area contributed by atoms with Crippen LogP contribution in [0.25, 0.3) is 0 Å². The molecule has 0 rings (SSSR count). The average Bonchev–Trinajstić information content (AvgIpc) is 2.58. The first-order chi connectivity index (χ1) is 12.8. The fourth-order valence-corrected chi connectivity index (χ4v) is 1.87. The number of aliphatic hydroxyl groups excluding tert-OH is 2. The van der Waals surface area contributed by atoms with E-state index in [2.05, 4.69) is 10.6 Å². The van der Waals surface area contributed by atoms with Crippen molar-refractivity contribution in [1.82, 2.24) is 10.6 Å². The van der Waals surface area contributed by atoms with Gasteiger partial charge in [-0.05, 0) is 0 Å². The van der Waals surface area contributed by atoms with Crippen molar-refractivity contribution in [3.05, 3.63) is 11.5 Å². The number of carbonyl (C=O) groups excluding carboxylic acids is 1. The molecule has 12 nitrogen and oxygen atoms in total. The van der Waals surface area contributed by atoms with Crippen LogP contribution >= 0.6 is 0 Å². The first kappa shape index (κ1) is 24.6. The number of esters is 1. The molecule has 0 aliphatic carbocycles. The van der Waals surface area contributed by atoms with Gasteiger partial charge in [0.15, 0.2) is 6.79 Å². The van der Waals surface area contributed by atoms with Crippen LogP contribution in [0, 0.1) is 5.92 Å². The second kappa shape index (κ2) is 14.7. The molecule has 0 bridgehead atoms. The van der Waals surface area contributed by atoms with Gasteiger partial charge in [0.05, 0.1) is 32.0 Å². The van der Waals surface area contributed by atoms with E-state index in [-0.39, 0.29) is 45.0 Å². The summed E-state index contributed by atoms with van der Waals surface area (Å²) in [6, 6.07) is 0. The summed E-state index contributed by atoms with van der Waals surface area (Å²) in [6.07, 6.45) is -0.953. The van der Waals surface area contributed by atoms with Gasteiger partial charge in [-0.1, -0.05) is 0 Å². The Morgan fingerprint density at radius 3 is 2.22 bits per heavy atom. The smallest absolute Gasteiger partial charge is 0.312 e. The molecule has 0 aromatic carbocycles. The van der Waals surface area contributed by atoms with Gasteiger partial charge in [-0.15, -0.1) is 0 Å². The first-order valence-corrected chi connectivity index (χ1v) is 8.08. The molecule has 0 amide bonds. The lowest BCUT2D eigenvalue weighted by atomic mass is 10.1. The number of aliphatic carboxylic acids is 2. The summed E-state index contributed by atoms with van der Waals surface area (Å²) in [6.45, 7) is -0.0856. The number of aliphatic hydroxyl groups is 3. The Hall–Kier alpha value is -2.41. The average molecular weight is 394 g/mol.